The van der Waals surface area contributed by atoms with E-state index >= 15 is 0 Å². The number of para-hydroxylation sites is 1. The van der Waals surface area contributed by atoms with Crippen molar-refractivity contribution in [3.8, 4) is 0 Å². The minimum Gasteiger partial charge on any atom is -0.459 e. The third-order valence-corrected chi connectivity index (χ3v) is 5.88. The molecule has 0 spiro atoms. The molecule has 3 amide bonds. The number of imide groups is 1. The van der Waals surface area contributed by atoms with Gasteiger partial charge in [-0.3, -0.25) is 14.4 Å². The van der Waals surface area contributed by atoms with E-state index in [9.17, 15) is 19.2 Å². The fraction of sp³-hybridized carbons (Fsp3) is 0.111. The highest BCUT2D eigenvalue weighted by atomic mass is 35.5. The summed E-state index contributed by atoms with van der Waals surface area (Å²) in [5, 5.41) is 5.49. The fourth-order valence-corrected chi connectivity index (χ4v) is 3.99. The Morgan fingerprint density at radius 3 is 2.19 bits per heavy atom. The van der Waals surface area contributed by atoms with Gasteiger partial charge in [0.15, 0.2) is 0 Å². The van der Waals surface area contributed by atoms with Crippen LogP contribution < -0.4 is 15.5 Å². The van der Waals surface area contributed by atoms with Crippen LogP contribution >= 0.6 is 23.2 Å². The molecule has 0 fully saturated rings. The van der Waals surface area contributed by atoms with Crippen LogP contribution in [0.5, 0.6) is 0 Å². The molecule has 0 aliphatic carbocycles. The smallest absolute Gasteiger partial charge is 0.338 e. The van der Waals surface area contributed by atoms with E-state index in [-0.39, 0.29) is 33.1 Å². The molecule has 0 saturated carbocycles. The first-order valence-electron chi connectivity index (χ1n) is 11.2. The summed E-state index contributed by atoms with van der Waals surface area (Å²) in [4.78, 5) is 51.7. The average molecular weight is 538 g/mol. The highest BCUT2D eigenvalue weighted by molar-refractivity contribution is 6.53. The summed E-state index contributed by atoms with van der Waals surface area (Å²) in [5.74, 6) is -2.34. The molecule has 0 bridgehead atoms. The van der Waals surface area contributed by atoms with Gasteiger partial charge in [0.1, 0.15) is 10.7 Å². The Labute approximate surface area is 222 Å². The Hall–Kier alpha value is -4.14. The standard InChI is InChI=1S/C27H21Cl2N3O5/c1-15(2)37-27(36)17-8-6-10-19(14-17)31-24(33)16-7-5-9-18(13-16)30-23-22(29)25(34)32(26(23)35)21-12-4-3-11-20(21)28/h3-15,30H,1-2H3,(H,31,33). The average Bonchev–Trinajstić information content (AvgIpc) is 3.07. The molecule has 37 heavy (non-hydrogen) atoms. The number of esters is 1. The first-order chi connectivity index (χ1) is 17.7. The summed E-state index contributed by atoms with van der Waals surface area (Å²) in [6.07, 6.45) is -0.275. The second-order valence-corrected chi connectivity index (χ2v) is 9.07. The molecule has 0 unspecified atom stereocenters. The third kappa shape index (κ3) is 5.66. The van der Waals surface area contributed by atoms with Crippen LogP contribution in [0.3, 0.4) is 0 Å². The van der Waals surface area contributed by atoms with Crippen LogP contribution in [0.15, 0.2) is 83.5 Å². The van der Waals surface area contributed by atoms with E-state index in [0.717, 1.165) is 4.90 Å². The topological polar surface area (TPSA) is 105 Å². The molecule has 0 aromatic heterocycles. The Kier molecular flexibility index (Phi) is 7.61. The molecule has 0 saturated heterocycles. The minimum atomic E-state index is -0.716. The van der Waals surface area contributed by atoms with Gasteiger partial charge in [0.2, 0.25) is 0 Å². The maximum atomic E-state index is 13.0. The predicted octanol–water partition coefficient (Wildman–Crippen LogP) is 5.59. The van der Waals surface area contributed by atoms with Gasteiger partial charge in [0, 0.05) is 16.9 Å². The Balaban J connectivity index is 1.50. The number of hydrogen-bond acceptors (Lipinski definition) is 6. The number of anilines is 3. The second kappa shape index (κ2) is 10.9. The van der Waals surface area contributed by atoms with Gasteiger partial charge in [-0.1, -0.05) is 47.5 Å². The fourth-order valence-electron chi connectivity index (χ4n) is 3.56. The maximum Gasteiger partial charge on any atom is 0.338 e. The first-order valence-corrected chi connectivity index (χ1v) is 11.9. The third-order valence-electron chi connectivity index (χ3n) is 5.21. The van der Waals surface area contributed by atoms with E-state index < -0.39 is 23.7 Å². The molecule has 1 heterocycles. The lowest BCUT2D eigenvalue weighted by Crippen LogP contribution is -2.32. The zero-order chi connectivity index (χ0) is 26.7. The molecule has 0 atom stereocenters. The number of carbonyl (C=O) groups is 4. The van der Waals surface area contributed by atoms with E-state index in [1.807, 2.05) is 0 Å². The molecule has 2 N–H and O–H groups in total. The van der Waals surface area contributed by atoms with Gasteiger partial charge in [-0.15, -0.1) is 0 Å². The number of hydrogen-bond donors (Lipinski definition) is 2. The number of halogens is 2. The number of benzene rings is 3. The van der Waals surface area contributed by atoms with Gasteiger partial charge in [0.05, 0.1) is 22.4 Å². The van der Waals surface area contributed by atoms with Crippen molar-refractivity contribution < 1.29 is 23.9 Å². The highest BCUT2D eigenvalue weighted by Gasteiger charge is 2.39. The molecule has 1 aliphatic rings. The van der Waals surface area contributed by atoms with Gasteiger partial charge < -0.3 is 15.4 Å². The number of nitrogens with zero attached hydrogens (tertiary/aromatic N) is 1. The molecule has 10 heteroatoms. The van der Waals surface area contributed by atoms with Gasteiger partial charge in [-0.25, -0.2) is 9.69 Å². The molecule has 0 radical (unpaired) electrons. The zero-order valence-corrected chi connectivity index (χ0v) is 21.3. The van der Waals surface area contributed by atoms with Crippen molar-refractivity contribution in [3.63, 3.8) is 0 Å². The number of nitrogens with one attached hydrogen (secondary N) is 2. The number of carbonyl (C=O) groups excluding carboxylic acids is 4. The van der Waals surface area contributed by atoms with E-state index in [1.165, 1.54) is 18.2 Å². The molecule has 3 aromatic rings. The molecule has 8 nitrogen and oxygen atoms in total. The molecular formula is C27H21Cl2N3O5. The van der Waals surface area contributed by atoms with Crippen molar-refractivity contribution in [2.45, 2.75) is 20.0 Å². The lowest BCUT2D eigenvalue weighted by atomic mass is 10.1. The van der Waals surface area contributed by atoms with E-state index in [0.29, 0.717) is 16.9 Å². The van der Waals surface area contributed by atoms with Crippen LogP contribution in [0.1, 0.15) is 34.6 Å². The van der Waals surface area contributed by atoms with Crippen molar-refractivity contribution in [3.05, 3.63) is 99.7 Å². The number of rotatable bonds is 7. The molecular weight excluding hydrogens is 517 g/mol. The van der Waals surface area contributed by atoms with Crippen LogP contribution in [-0.4, -0.2) is 29.8 Å². The van der Waals surface area contributed by atoms with E-state index in [2.05, 4.69) is 10.6 Å². The zero-order valence-electron chi connectivity index (χ0n) is 19.7. The van der Waals surface area contributed by atoms with E-state index in [4.69, 9.17) is 27.9 Å². The lowest BCUT2D eigenvalue weighted by Gasteiger charge is -2.16. The summed E-state index contributed by atoms with van der Waals surface area (Å²) in [7, 11) is 0. The van der Waals surface area contributed by atoms with Crippen molar-refractivity contribution in [2.75, 3.05) is 15.5 Å². The largest absolute Gasteiger partial charge is 0.459 e. The predicted molar refractivity (Wildman–Crippen MR) is 142 cm³/mol. The van der Waals surface area contributed by atoms with Crippen LogP contribution in [0.25, 0.3) is 0 Å². The lowest BCUT2D eigenvalue weighted by molar-refractivity contribution is -0.120. The summed E-state index contributed by atoms with van der Waals surface area (Å²) in [6, 6.07) is 19.1. The summed E-state index contributed by atoms with van der Waals surface area (Å²) < 4.78 is 5.19. The monoisotopic (exact) mass is 537 g/mol. The molecule has 3 aromatic carbocycles. The van der Waals surface area contributed by atoms with E-state index in [1.54, 1.807) is 68.4 Å². The van der Waals surface area contributed by atoms with Crippen molar-refractivity contribution in [1.29, 1.82) is 0 Å². The highest BCUT2D eigenvalue weighted by Crippen LogP contribution is 2.34. The van der Waals surface area contributed by atoms with Gasteiger partial charge in [-0.05, 0) is 62.4 Å². The van der Waals surface area contributed by atoms with Gasteiger partial charge in [0.25, 0.3) is 17.7 Å². The summed E-state index contributed by atoms with van der Waals surface area (Å²) in [6.45, 7) is 3.49. The normalized spacial score (nSPS) is 13.3. The van der Waals surface area contributed by atoms with Crippen molar-refractivity contribution in [2.24, 2.45) is 0 Å². The van der Waals surface area contributed by atoms with Crippen LogP contribution in [0, 0.1) is 0 Å². The Morgan fingerprint density at radius 2 is 1.49 bits per heavy atom. The maximum absolute atomic E-state index is 13.0. The SMILES string of the molecule is CC(C)OC(=O)c1cccc(NC(=O)c2cccc(NC3=C(Cl)C(=O)N(c4ccccc4Cl)C3=O)c2)c1. The van der Waals surface area contributed by atoms with Crippen LogP contribution in [0.4, 0.5) is 17.1 Å². The Morgan fingerprint density at radius 1 is 0.838 bits per heavy atom. The van der Waals surface area contributed by atoms with Crippen LogP contribution in [-0.2, 0) is 14.3 Å². The minimum absolute atomic E-state index is 0.138. The summed E-state index contributed by atoms with van der Waals surface area (Å²) >= 11 is 12.4. The van der Waals surface area contributed by atoms with Crippen LogP contribution in [0.2, 0.25) is 5.02 Å². The molecule has 1 aliphatic heterocycles. The van der Waals surface area contributed by atoms with Crippen molar-refractivity contribution in [1.82, 2.24) is 0 Å². The number of amides is 3. The Bertz CT molecular complexity index is 1450. The van der Waals surface area contributed by atoms with Gasteiger partial charge in [-0.2, -0.15) is 0 Å². The van der Waals surface area contributed by atoms with Gasteiger partial charge >= 0.3 is 5.97 Å². The quantitative estimate of drug-likeness (QED) is 0.300. The molecule has 188 valence electrons. The molecule has 4 rings (SSSR count). The summed E-state index contributed by atoms with van der Waals surface area (Å²) in [5.41, 5.74) is 1.39. The second-order valence-electron chi connectivity index (χ2n) is 8.28. The number of ether oxygens (including phenoxy) is 1. The first kappa shape index (κ1) is 25.9. The van der Waals surface area contributed by atoms with Crippen molar-refractivity contribution >= 4 is 64.0 Å².